The Kier molecular flexibility index (Phi) is 11.4. The van der Waals surface area contributed by atoms with Gasteiger partial charge in [0.1, 0.15) is 0 Å². The molecule has 1 heterocycles. The minimum absolute atomic E-state index is 0. The highest BCUT2D eigenvalue weighted by Gasteiger charge is 2.37. The molecule has 0 aromatic rings. The fourth-order valence-corrected chi connectivity index (χ4v) is 3.86. The fourth-order valence-electron chi connectivity index (χ4n) is 3.86. The summed E-state index contributed by atoms with van der Waals surface area (Å²) in [6.07, 6.45) is 4.39. The molecular formula is C16H33Cl2N3O2. The number of hydrogen-bond acceptors (Lipinski definition) is 4. The van der Waals surface area contributed by atoms with Crippen molar-refractivity contribution in [3.8, 4) is 0 Å². The van der Waals surface area contributed by atoms with Crippen molar-refractivity contribution in [2.45, 2.75) is 38.6 Å². The molecule has 1 unspecified atom stereocenters. The van der Waals surface area contributed by atoms with Crippen LogP contribution in [0.2, 0.25) is 0 Å². The van der Waals surface area contributed by atoms with Gasteiger partial charge >= 0.3 is 0 Å². The van der Waals surface area contributed by atoms with E-state index in [1.54, 1.807) is 7.11 Å². The van der Waals surface area contributed by atoms with Crippen LogP contribution in [0.15, 0.2) is 0 Å². The van der Waals surface area contributed by atoms with Crippen molar-refractivity contribution in [1.29, 1.82) is 0 Å². The minimum atomic E-state index is 0. The molecule has 0 aromatic carbocycles. The molecule has 1 aliphatic carbocycles. The average Bonchev–Trinajstić information content (AvgIpc) is 3.00. The Balaban J connectivity index is 0.00000242. The number of carbonyl (C=O) groups is 1. The first kappa shape index (κ1) is 22.9. The van der Waals surface area contributed by atoms with Crippen LogP contribution in [0.1, 0.15) is 32.6 Å². The van der Waals surface area contributed by atoms with Crippen LogP contribution in [0, 0.1) is 11.8 Å². The predicted octanol–water partition coefficient (Wildman–Crippen LogP) is 1.77. The molecule has 23 heavy (non-hydrogen) atoms. The van der Waals surface area contributed by atoms with Gasteiger partial charge in [-0.3, -0.25) is 9.69 Å². The van der Waals surface area contributed by atoms with Gasteiger partial charge in [0.05, 0.1) is 6.61 Å². The lowest BCUT2D eigenvalue weighted by atomic mass is 9.94. The van der Waals surface area contributed by atoms with Crippen molar-refractivity contribution in [3.05, 3.63) is 0 Å². The summed E-state index contributed by atoms with van der Waals surface area (Å²) in [4.78, 5) is 17.3. The van der Waals surface area contributed by atoms with Crippen molar-refractivity contribution in [1.82, 2.24) is 9.80 Å². The largest absolute Gasteiger partial charge is 0.383 e. The van der Waals surface area contributed by atoms with Crippen LogP contribution in [-0.2, 0) is 9.53 Å². The third-order valence-electron chi connectivity index (χ3n) is 5.25. The third kappa shape index (κ3) is 5.75. The number of piperazine rings is 1. The summed E-state index contributed by atoms with van der Waals surface area (Å²) in [5, 5.41) is 0. The second-order valence-electron chi connectivity index (χ2n) is 6.41. The lowest BCUT2D eigenvalue weighted by Gasteiger charge is -2.42. The second-order valence-corrected chi connectivity index (χ2v) is 6.41. The van der Waals surface area contributed by atoms with Crippen LogP contribution in [0.5, 0.6) is 0 Å². The van der Waals surface area contributed by atoms with E-state index in [1.807, 2.05) is 0 Å². The van der Waals surface area contributed by atoms with Crippen molar-refractivity contribution in [2.75, 3.05) is 46.4 Å². The minimum Gasteiger partial charge on any atom is -0.383 e. The number of halogens is 2. The zero-order valence-electron chi connectivity index (χ0n) is 14.4. The Bertz CT molecular complexity index is 347. The molecule has 0 radical (unpaired) electrons. The number of nitrogens with zero attached hydrogens (tertiary/aromatic N) is 2. The van der Waals surface area contributed by atoms with Gasteiger partial charge in [0, 0.05) is 45.2 Å². The summed E-state index contributed by atoms with van der Waals surface area (Å²) in [5.41, 5.74) is 5.83. The van der Waals surface area contributed by atoms with Gasteiger partial charge < -0.3 is 15.4 Å². The Morgan fingerprint density at radius 1 is 1.26 bits per heavy atom. The first-order valence-electron chi connectivity index (χ1n) is 8.43. The average molecular weight is 370 g/mol. The van der Waals surface area contributed by atoms with Gasteiger partial charge in [-0.25, -0.2) is 0 Å². The van der Waals surface area contributed by atoms with Gasteiger partial charge in [-0.05, 0) is 31.7 Å². The zero-order chi connectivity index (χ0) is 15.2. The molecule has 7 heteroatoms. The molecule has 2 rings (SSSR count). The van der Waals surface area contributed by atoms with Crippen molar-refractivity contribution >= 4 is 30.7 Å². The lowest BCUT2D eigenvalue weighted by molar-refractivity contribution is -0.139. The van der Waals surface area contributed by atoms with Crippen LogP contribution in [0.4, 0.5) is 0 Å². The molecule has 5 nitrogen and oxygen atoms in total. The summed E-state index contributed by atoms with van der Waals surface area (Å²) >= 11 is 0. The summed E-state index contributed by atoms with van der Waals surface area (Å²) in [6, 6.07) is 0.468. The maximum atomic E-state index is 12.8. The third-order valence-corrected chi connectivity index (χ3v) is 5.25. The van der Waals surface area contributed by atoms with Crippen LogP contribution in [0.25, 0.3) is 0 Å². The first-order chi connectivity index (χ1) is 10.2. The monoisotopic (exact) mass is 369 g/mol. The van der Waals surface area contributed by atoms with Crippen LogP contribution >= 0.6 is 24.8 Å². The highest BCUT2D eigenvalue weighted by molar-refractivity contribution is 5.85. The lowest BCUT2D eigenvalue weighted by Crippen LogP contribution is -2.56. The summed E-state index contributed by atoms with van der Waals surface area (Å²) in [5.74, 6) is 0.940. The van der Waals surface area contributed by atoms with Crippen LogP contribution < -0.4 is 5.73 Å². The number of amides is 1. The van der Waals surface area contributed by atoms with Gasteiger partial charge in [-0.2, -0.15) is 0 Å². The van der Waals surface area contributed by atoms with E-state index in [4.69, 9.17) is 10.5 Å². The fraction of sp³-hybridized carbons (Fsp3) is 0.938. The smallest absolute Gasteiger partial charge is 0.226 e. The van der Waals surface area contributed by atoms with E-state index in [9.17, 15) is 4.79 Å². The Morgan fingerprint density at radius 2 is 2.00 bits per heavy atom. The summed E-state index contributed by atoms with van der Waals surface area (Å²) < 4.78 is 5.19. The highest BCUT2D eigenvalue weighted by Crippen LogP contribution is 2.33. The summed E-state index contributed by atoms with van der Waals surface area (Å²) in [7, 11) is 1.74. The van der Waals surface area contributed by atoms with E-state index in [0.29, 0.717) is 24.4 Å². The van der Waals surface area contributed by atoms with Gasteiger partial charge in [0.25, 0.3) is 0 Å². The molecule has 0 aromatic heterocycles. The maximum absolute atomic E-state index is 12.8. The molecule has 138 valence electrons. The van der Waals surface area contributed by atoms with E-state index in [-0.39, 0.29) is 30.7 Å². The van der Waals surface area contributed by atoms with Gasteiger partial charge in [0.15, 0.2) is 0 Å². The molecule has 1 amide bonds. The van der Waals surface area contributed by atoms with Crippen molar-refractivity contribution < 1.29 is 9.53 Å². The number of ether oxygens (including phenoxy) is 1. The molecule has 1 saturated heterocycles. The zero-order valence-corrected chi connectivity index (χ0v) is 16.0. The van der Waals surface area contributed by atoms with Crippen molar-refractivity contribution in [3.63, 3.8) is 0 Å². The molecule has 0 spiro atoms. The van der Waals surface area contributed by atoms with E-state index >= 15 is 0 Å². The molecule has 0 bridgehead atoms. The Morgan fingerprint density at radius 3 is 2.61 bits per heavy atom. The number of nitrogens with two attached hydrogens (primary N) is 1. The first-order valence-corrected chi connectivity index (χ1v) is 8.43. The number of hydrogen-bond donors (Lipinski definition) is 1. The number of rotatable bonds is 6. The van der Waals surface area contributed by atoms with E-state index in [0.717, 1.165) is 58.5 Å². The Hall–Kier alpha value is -0.0700. The van der Waals surface area contributed by atoms with Gasteiger partial charge in [0.2, 0.25) is 5.91 Å². The van der Waals surface area contributed by atoms with E-state index < -0.39 is 0 Å². The topological polar surface area (TPSA) is 58.8 Å². The van der Waals surface area contributed by atoms with Crippen LogP contribution in [0.3, 0.4) is 0 Å². The molecule has 2 N–H and O–H groups in total. The standard InChI is InChI=1S/C16H31N3O2.2ClH/c1-3-14-12-19(8-7-18(14)9-10-21-2)16(20)15-6-4-5-13(15)11-17;;/h13-15H,3-12,17H2,1-2H3;2*1H/t13-,14?,15-;;/m1../s1. The molecule has 2 aliphatic rings. The predicted molar refractivity (Wildman–Crippen MR) is 98.5 cm³/mol. The molecule has 3 atom stereocenters. The van der Waals surface area contributed by atoms with E-state index in [1.165, 1.54) is 0 Å². The normalized spacial score (nSPS) is 28.1. The van der Waals surface area contributed by atoms with E-state index in [2.05, 4.69) is 16.7 Å². The second kappa shape index (κ2) is 11.5. The van der Waals surface area contributed by atoms with Crippen molar-refractivity contribution in [2.24, 2.45) is 17.6 Å². The molecule has 2 fully saturated rings. The quantitative estimate of drug-likeness (QED) is 0.774. The number of methoxy groups -OCH3 is 1. The molecule has 1 saturated carbocycles. The number of carbonyl (C=O) groups excluding carboxylic acids is 1. The maximum Gasteiger partial charge on any atom is 0.226 e. The molecule has 1 aliphatic heterocycles. The SMILES string of the molecule is CCC1CN(C(=O)[C@@H]2CCC[C@@H]2CN)CCN1CCOC.Cl.Cl. The Labute approximate surface area is 153 Å². The summed E-state index contributed by atoms with van der Waals surface area (Å²) in [6.45, 7) is 7.28. The van der Waals surface area contributed by atoms with Gasteiger partial charge in [-0.1, -0.05) is 13.3 Å². The highest BCUT2D eigenvalue weighted by atomic mass is 35.5. The van der Waals surface area contributed by atoms with Gasteiger partial charge in [-0.15, -0.1) is 24.8 Å². The van der Waals surface area contributed by atoms with Crippen LogP contribution in [-0.4, -0.2) is 68.2 Å². The molecular weight excluding hydrogens is 337 g/mol.